The van der Waals surface area contributed by atoms with Crippen LogP contribution in [0.2, 0.25) is 0 Å². The number of carbonyl (C=O) groups excluding carboxylic acids is 1. The van der Waals surface area contributed by atoms with Gasteiger partial charge in [0.2, 0.25) is 17.0 Å². The molecule has 3 aromatic rings. The quantitative estimate of drug-likeness (QED) is 0.606. The maximum atomic E-state index is 12.8. The Kier molecular flexibility index (Phi) is 5.03. The number of ether oxygens (including phenoxy) is 2. The Balaban J connectivity index is 2.36. The van der Waals surface area contributed by atoms with Crippen LogP contribution in [0.5, 0.6) is 5.88 Å². The van der Waals surface area contributed by atoms with E-state index in [4.69, 9.17) is 9.47 Å². The summed E-state index contributed by atoms with van der Waals surface area (Å²) >= 11 is 3.39. The van der Waals surface area contributed by atoms with Crippen molar-refractivity contribution in [1.82, 2.24) is 14.8 Å². The summed E-state index contributed by atoms with van der Waals surface area (Å²) in [5.74, 6) is -0.270. The minimum atomic E-state index is -0.762. The molecule has 0 atom stereocenters. The topological polar surface area (TPSA) is 83.3 Å². The summed E-state index contributed by atoms with van der Waals surface area (Å²) in [6.45, 7) is 3.67. The molecule has 7 nitrogen and oxygen atoms in total. The molecule has 26 heavy (non-hydrogen) atoms. The molecule has 0 unspecified atom stereocenters. The number of halogens is 1. The van der Waals surface area contributed by atoms with Gasteiger partial charge in [0.25, 0.3) is 0 Å². The number of hydrogen-bond acceptors (Lipinski definition) is 6. The number of benzene rings is 1. The second-order valence-electron chi connectivity index (χ2n) is 5.46. The molecule has 0 aliphatic carbocycles. The van der Waals surface area contributed by atoms with Crippen molar-refractivity contribution in [2.75, 3.05) is 13.7 Å². The number of carbonyl (C=O) groups is 1. The number of rotatable bonds is 4. The predicted octanol–water partition coefficient (Wildman–Crippen LogP) is 3.04. The van der Waals surface area contributed by atoms with Crippen LogP contribution < -0.4 is 10.2 Å². The van der Waals surface area contributed by atoms with Crippen LogP contribution in [0.25, 0.3) is 16.6 Å². The monoisotopic (exact) mass is 417 g/mol. The van der Waals surface area contributed by atoms with Crippen LogP contribution >= 0.6 is 15.9 Å². The molecule has 0 aliphatic rings. The van der Waals surface area contributed by atoms with Gasteiger partial charge in [-0.2, -0.15) is 5.10 Å². The van der Waals surface area contributed by atoms with E-state index in [1.165, 1.54) is 11.8 Å². The number of aryl methyl sites for hydroxylation is 1. The molecule has 8 heteroatoms. The second kappa shape index (κ2) is 7.25. The Morgan fingerprint density at radius 2 is 2.12 bits per heavy atom. The van der Waals surface area contributed by atoms with E-state index in [1.54, 1.807) is 31.3 Å². The second-order valence-corrected chi connectivity index (χ2v) is 6.32. The molecule has 0 saturated carbocycles. The third kappa shape index (κ3) is 3.08. The summed E-state index contributed by atoms with van der Waals surface area (Å²) in [6, 6.07) is 7.10. The fraction of sp³-hybridized carbons (Fsp3) is 0.222. The molecule has 3 rings (SSSR count). The van der Waals surface area contributed by atoms with Crippen molar-refractivity contribution in [3.05, 3.63) is 56.4 Å². The first-order valence-corrected chi connectivity index (χ1v) is 8.67. The van der Waals surface area contributed by atoms with Crippen molar-refractivity contribution in [2.45, 2.75) is 13.8 Å². The number of pyridine rings is 1. The minimum Gasteiger partial charge on any atom is -0.481 e. The Morgan fingerprint density at radius 1 is 1.35 bits per heavy atom. The zero-order valence-electron chi connectivity index (χ0n) is 14.4. The van der Waals surface area contributed by atoms with Crippen LogP contribution in [0, 0.1) is 6.92 Å². The van der Waals surface area contributed by atoms with Crippen LogP contribution in [-0.4, -0.2) is 34.5 Å². The molecule has 0 N–H and O–H groups in total. The van der Waals surface area contributed by atoms with E-state index in [9.17, 15) is 9.59 Å². The lowest BCUT2D eigenvalue weighted by molar-refractivity contribution is 0.0516. The SMILES string of the molecule is CCOC(=O)c1nn(-c2cnc(OC)c(C)c2)c2cccc(Br)c2c1=O. The number of nitrogens with zero attached hydrogens (tertiary/aromatic N) is 3. The smallest absolute Gasteiger partial charge is 0.362 e. The maximum Gasteiger partial charge on any atom is 0.362 e. The van der Waals surface area contributed by atoms with E-state index >= 15 is 0 Å². The highest BCUT2D eigenvalue weighted by atomic mass is 79.9. The molecule has 1 aromatic carbocycles. The number of methoxy groups -OCH3 is 1. The van der Waals surface area contributed by atoms with Gasteiger partial charge < -0.3 is 9.47 Å². The number of hydrogen-bond donors (Lipinski definition) is 0. The van der Waals surface area contributed by atoms with Gasteiger partial charge in [-0.25, -0.2) is 14.5 Å². The van der Waals surface area contributed by atoms with Gasteiger partial charge in [0.15, 0.2) is 0 Å². The Morgan fingerprint density at radius 3 is 2.77 bits per heavy atom. The molecule has 2 aromatic heterocycles. The largest absolute Gasteiger partial charge is 0.481 e. The zero-order valence-corrected chi connectivity index (χ0v) is 16.0. The van der Waals surface area contributed by atoms with Gasteiger partial charge in [0.1, 0.15) is 0 Å². The summed E-state index contributed by atoms with van der Waals surface area (Å²) < 4.78 is 12.2. The number of esters is 1. The van der Waals surface area contributed by atoms with Gasteiger partial charge in [-0.3, -0.25) is 4.79 Å². The summed E-state index contributed by atoms with van der Waals surface area (Å²) in [7, 11) is 1.54. The van der Waals surface area contributed by atoms with Crippen LogP contribution in [0.15, 0.2) is 39.7 Å². The third-order valence-electron chi connectivity index (χ3n) is 3.78. The molecule has 0 spiro atoms. The molecule has 134 valence electrons. The van der Waals surface area contributed by atoms with Crippen molar-refractivity contribution < 1.29 is 14.3 Å². The summed E-state index contributed by atoms with van der Waals surface area (Å²) in [4.78, 5) is 29.2. The molecule has 0 radical (unpaired) electrons. The van der Waals surface area contributed by atoms with Gasteiger partial charge in [-0.1, -0.05) is 6.07 Å². The summed E-state index contributed by atoms with van der Waals surface area (Å²) in [5, 5.41) is 4.60. The van der Waals surface area contributed by atoms with Crippen LogP contribution in [0.4, 0.5) is 0 Å². The maximum absolute atomic E-state index is 12.8. The number of aromatic nitrogens is 3. The van der Waals surface area contributed by atoms with Gasteiger partial charge in [-0.05, 0) is 48.0 Å². The molecular weight excluding hydrogens is 402 g/mol. The standard InChI is InChI=1S/C18H16BrN3O4/c1-4-26-18(24)15-16(23)14-12(19)6-5-7-13(14)22(21-15)11-8-10(2)17(25-3)20-9-11/h5-9H,4H2,1-3H3. The molecule has 0 aliphatic heterocycles. The van der Waals surface area contributed by atoms with E-state index in [0.29, 0.717) is 26.9 Å². The molecular formula is C18H16BrN3O4. The predicted molar refractivity (Wildman–Crippen MR) is 100 cm³/mol. The van der Waals surface area contributed by atoms with Gasteiger partial charge in [0.05, 0.1) is 36.5 Å². The summed E-state index contributed by atoms with van der Waals surface area (Å²) in [6.07, 6.45) is 1.57. The molecule has 0 fully saturated rings. The first-order valence-electron chi connectivity index (χ1n) is 7.87. The summed E-state index contributed by atoms with van der Waals surface area (Å²) in [5.41, 5.74) is 1.17. The fourth-order valence-electron chi connectivity index (χ4n) is 2.64. The lowest BCUT2D eigenvalue weighted by Gasteiger charge is -2.13. The van der Waals surface area contributed by atoms with E-state index in [1.807, 2.05) is 13.0 Å². The van der Waals surface area contributed by atoms with Crippen molar-refractivity contribution in [2.24, 2.45) is 0 Å². The first-order chi connectivity index (χ1) is 12.5. The van der Waals surface area contributed by atoms with E-state index < -0.39 is 11.4 Å². The average molecular weight is 418 g/mol. The highest BCUT2D eigenvalue weighted by molar-refractivity contribution is 9.10. The lowest BCUT2D eigenvalue weighted by atomic mass is 10.2. The Bertz CT molecular complexity index is 1060. The normalized spacial score (nSPS) is 10.8. The lowest BCUT2D eigenvalue weighted by Crippen LogP contribution is -2.24. The van der Waals surface area contributed by atoms with E-state index in [2.05, 4.69) is 26.0 Å². The highest BCUT2D eigenvalue weighted by Crippen LogP contribution is 2.24. The number of fused-ring (bicyclic) bond motifs is 1. The minimum absolute atomic E-state index is 0.150. The first kappa shape index (κ1) is 18.1. The Hall–Kier alpha value is -2.74. The van der Waals surface area contributed by atoms with Crippen LogP contribution in [0.3, 0.4) is 0 Å². The Labute approximate surface area is 157 Å². The van der Waals surface area contributed by atoms with Crippen molar-refractivity contribution in [3.8, 4) is 11.6 Å². The molecule has 0 bridgehead atoms. The van der Waals surface area contributed by atoms with Crippen molar-refractivity contribution in [1.29, 1.82) is 0 Å². The van der Waals surface area contributed by atoms with Crippen LogP contribution in [-0.2, 0) is 4.74 Å². The van der Waals surface area contributed by atoms with Gasteiger partial charge in [-0.15, -0.1) is 0 Å². The van der Waals surface area contributed by atoms with E-state index in [-0.39, 0.29) is 12.3 Å². The third-order valence-corrected chi connectivity index (χ3v) is 4.45. The van der Waals surface area contributed by atoms with Crippen molar-refractivity contribution in [3.63, 3.8) is 0 Å². The zero-order chi connectivity index (χ0) is 18.8. The average Bonchev–Trinajstić information content (AvgIpc) is 2.62. The molecule has 0 amide bonds. The van der Waals surface area contributed by atoms with Crippen molar-refractivity contribution >= 4 is 32.8 Å². The molecule has 0 saturated heterocycles. The highest BCUT2D eigenvalue weighted by Gasteiger charge is 2.21. The molecule has 2 heterocycles. The fourth-order valence-corrected chi connectivity index (χ4v) is 3.17. The van der Waals surface area contributed by atoms with Gasteiger partial charge >= 0.3 is 5.97 Å². The van der Waals surface area contributed by atoms with Gasteiger partial charge in [0, 0.05) is 10.0 Å². The van der Waals surface area contributed by atoms with Crippen LogP contribution in [0.1, 0.15) is 23.0 Å². The van der Waals surface area contributed by atoms with E-state index in [0.717, 1.165) is 5.56 Å².